The predicted molar refractivity (Wildman–Crippen MR) is 79.4 cm³/mol. The first-order valence-corrected chi connectivity index (χ1v) is 7.20. The highest BCUT2D eigenvalue weighted by Crippen LogP contribution is 2.34. The third-order valence-electron chi connectivity index (χ3n) is 2.72. The number of oxazole rings is 1. The molecule has 21 heavy (non-hydrogen) atoms. The molecule has 0 bridgehead atoms. The van der Waals surface area contributed by atoms with E-state index < -0.39 is 5.97 Å². The second kappa shape index (κ2) is 5.67. The molecule has 0 saturated carbocycles. The van der Waals surface area contributed by atoms with Crippen molar-refractivity contribution in [3.05, 3.63) is 46.7 Å². The van der Waals surface area contributed by atoms with Crippen LogP contribution in [0.25, 0.3) is 22.1 Å². The van der Waals surface area contributed by atoms with Crippen molar-refractivity contribution in [2.45, 2.75) is 6.42 Å². The summed E-state index contributed by atoms with van der Waals surface area (Å²) in [4.78, 5) is 20.0. The molecule has 0 spiro atoms. The van der Waals surface area contributed by atoms with Gasteiger partial charge in [0.2, 0.25) is 5.89 Å². The SMILES string of the molecule is O=C(O)Cc1nc(-c2ccc(Cl)s2)oc1-c1cccnc1. The van der Waals surface area contributed by atoms with Gasteiger partial charge in [0.25, 0.3) is 0 Å². The van der Waals surface area contributed by atoms with Crippen LogP contribution in [-0.2, 0) is 11.2 Å². The molecule has 1 N–H and O–H groups in total. The van der Waals surface area contributed by atoms with Crippen molar-refractivity contribution < 1.29 is 14.3 Å². The van der Waals surface area contributed by atoms with Crippen molar-refractivity contribution in [1.82, 2.24) is 9.97 Å². The summed E-state index contributed by atoms with van der Waals surface area (Å²) in [6.07, 6.45) is 3.03. The minimum Gasteiger partial charge on any atom is -0.481 e. The molecule has 0 aliphatic heterocycles. The van der Waals surface area contributed by atoms with Gasteiger partial charge in [-0.1, -0.05) is 11.6 Å². The fourth-order valence-electron chi connectivity index (χ4n) is 1.87. The number of carboxylic acid groups (broad SMARTS) is 1. The van der Waals surface area contributed by atoms with Crippen LogP contribution >= 0.6 is 22.9 Å². The number of nitrogens with zero attached hydrogens (tertiary/aromatic N) is 2. The first kappa shape index (κ1) is 13.8. The lowest BCUT2D eigenvalue weighted by Crippen LogP contribution is -2.01. The standard InChI is InChI=1S/C14H9ClN2O3S/c15-11-4-3-10(21-11)14-17-9(6-12(18)19)13(20-14)8-2-1-5-16-7-8/h1-5,7H,6H2,(H,18,19). The number of aliphatic carboxylic acids is 1. The van der Waals surface area contributed by atoms with E-state index >= 15 is 0 Å². The van der Waals surface area contributed by atoms with Gasteiger partial charge in [0.15, 0.2) is 5.76 Å². The van der Waals surface area contributed by atoms with Gasteiger partial charge in [-0.15, -0.1) is 11.3 Å². The zero-order valence-electron chi connectivity index (χ0n) is 10.6. The fourth-order valence-corrected chi connectivity index (χ4v) is 2.84. The van der Waals surface area contributed by atoms with Gasteiger partial charge in [-0.25, -0.2) is 4.98 Å². The number of thiophene rings is 1. The van der Waals surface area contributed by atoms with Gasteiger partial charge in [-0.3, -0.25) is 9.78 Å². The van der Waals surface area contributed by atoms with Gasteiger partial charge < -0.3 is 9.52 Å². The molecule has 3 aromatic heterocycles. The Labute approximate surface area is 128 Å². The lowest BCUT2D eigenvalue weighted by Gasteiger charge is -1.97. The van der Waals surface area contributed by atoms with Gasteiger partial charge in [-0.05, 0) is 24.3 Å². The maximum absolute atomic E-state index is 11.0. The highest BCUT2D eigenvalue weighted by Gasteiger charge is 2.19. The molecule has 0 unspecified atom stereocenters. The monoisotopic (exact) mass is 320 g/mol. The van der Waals surface area contributed by atoms with E-state index in [9.17, 15) is 4.79 Å². The van der Waals surface area contributed by atoms with E-state index in [4.69, 9.17) is 21.1 Å². The number of pyridine rings is 1. The summed E-state index contributed by atoms with van der Waals surface area (Å²) >= 11 is 7.23. The summed E-state index contributed by atoms with van der Waals surface area (Å²) in [5, 5.41) is 9.01. The molecule has 106 valence electrons. The number of hydrogen-bond donors (Lipinski definition) is 1. The quantitative estimate of drug-likeness (QED) is 0.792. The highest BCUT2D eigenvalue weighted by molar-refractivity contribution is 7.19. The van der Waals surface area contributed by atoms with Gasteiger partial charge in [-0.2, -0.15) is 0 Å². The lowest BCUT2D eigenvalue weighted by atomic mass is 10.1. The molecule has 3 aromatic rings. The van der Waals surface area contributed by atoms with Crippen molar-refractivity contribution >= 4 is 28.9 Å². The Hall–Kier alpha value is -2.18. The molecule has 0 amide bonds. The zero-order valence-corrected chi connectivity index (χ0v) is 12.2. The average molecular weight is 321 g/mol. The molecule has 0 aromatic carbocycles. The van der Waals surface area contributed by atoms with Crippen LogP contribution in [0.2, 0.25) is 4.34 Å². The second-order valence-corrected chi connectivity index (χ2v) is 5.93. The van der Waals surface area contributed by atoms with Gasteiger partial charge in [0, 0.05) is 18.0 Å². The lowest BCUT2D eigenvalue weighted by molar-refractivity contribution is -0.136. The van der Waals surface area contributed by atoms with E-state index in [1.165, 1.54) is 11.3 Å². The number of hydrogen-bond acceptors (Lipinski definition) is 5. The van der Waals surface area contributed by atoms with Crippen LogP contribution in [0.3, 0.4) is 0 Å². The Morgan fingerprint density at radius 3 is 2.86 bits per heavy atom. The van der Waals surface area contributed by atoms with Gasteiger partial charge in [0.1, 0.15) is 0 Å². The highest BCUT2D eigenvalue weighted by atomic mass is 35.5. The summed E-state index contributed by atoms with van der Waals surface area (Å²) < 4.78 is 6.36. The van der Waals surface area contributed by atoms with Gasteiger partial charge >= 0.3 is 5.97 Å². The van der Waals surface area contributed by atoms with Crippen molar-refractivity contribution in [3.8, 4) is 22.1 Å². The molecule has 0 aliphatic carbocycles. The van der Waals surface area contributed by atoms with E-state index in [0.29, 0.717) is 27.2 Å². The Bertz CT molecular complexity index is 783. The number of aromatic nitrogens is 2. The van der Waals surface area contributed by atoms with Crippen LogP contribution in [0.4, 0.5) is 0 Å². The van der Waals surface area contributed by atoms with E-state index in [1.54, 1.807) is 36.7 Å². The van der Waals surface area contributed by atoms with Crippen LogP contribution < -0.4 is 0 Å². The van der Waals surface area contributed by atoms with E-state index in [2.05, 4.69) is 9.97 Å². The zero-order chi connectivity index (χ0) is 14.8. The van der Waals surface area contributed by atoms with Crippen molar-refractivity contribution in [1.29, 1.82) is 0 Å². The Morgan fingerprint density at radius 1 is 1.38 bits per heavy atom. The maximum atomic E-state index is 11.0. The Kier molecular flexibility index (Phi) is 3.72. The molecular formula is C14H9ClN2O3S. The largest absolute Gasteiger partial charge is 0.481 e. The number of halogens is 1. The molecular weight excluding hydrogens is 312 g/mol. The summed E-state index contributed by atoms with van der Waals surface area (Å²) in [5.74, 6) is -0.184. The van der Waals surface area contributed by atoms with Gasteiger partial charge in [0.05, 0.1) is 21.3 Å². The molecule has 0 radical (unpaired) electrons. The smallest absolute Gasteiger partial charge is 0.309 e. The molecule has 0 fully saturated rings. The first-order valence-electron chi connectivity index (χ1n) is 6.01. The Balaban J connectivity index is 2.09. The molecule has 0 saturated heterocycles. The number of rotatable bonds is 4. The van der Waals surface area contributed by atoms with Crippen molar-refractivity contribution in [2.24, 2.45) is 0 Å². The Morgan fingerprint density at radius 2 is 2.24 bits per heavy atom. The van der Waals surface area contributed by atoms with E-state index in [0.717, 1.165) is 4.88 Å². The first-order chi connectivity index (χ1) is 10.1. The van der Waals surface area contributed by atoms with Crippen LogP contribution in [0.5, 0.6) is 0 Å². The van der Waals surface area contributed by atoms with Crippen LogP contribution in [0.15, 0.2) is 41.1 Å². The minimum absolute atomic E-state index is 0.215. The number of carboxylic acids is 1. The van der Waals surface area contributed by atoms with Crippen LogP contribution in [0, 0.1) is 0 Å². The third-order valence-corrected chi connectivity index (χ3v) is 3.94. The van der Waals surface area contributed by atoms with Crippen molar-refractivity contribution in [3.63, 3.8) is 0 Å². The van der Waals surface area contributed by atoms with E-state index in [1.807, 2.05) is 0 Å². The minimum atomic E-state index is -0.968. The normalized spacial score (nSPS) is 10.7. The topological polar surface area (TPSA) is 76.2 Å². The third kappa shape index (κ3) is 2.96. The predicted octanol–water partition coefficient (Wildman–Crippen LogP) is 3.75. The molecule has 3 rings (SSSR count). The van der Waals surface area contributed by atoms with Crippen LogP contribution in [0.1, 0.15) is 5.69 Å². The number of carbonyl (C=O) groups is 1. The van der Waals surface area contributed by atoms with Crippen LogP contribution in [-0.4, -0.2) is 21.0 Å². The summed E-state index contributed by atoms with van der Waals surface area (Å²) in [6.45, 7) is 0. The second-order valence-electron chi connectivity index (χ2n) is 4.21. The molecule has 7 heteroatoms. The molecule has 3 heterocycles. The maximum Gasteiger partial charge on any atom is 0.309 e. The van der Waals surface area contributed by atoms with E-state index in [-0.39, 0.29) is 6.42 Å². The fraction of sp³-hybridized carbons (Fsp3) is 0.0714. The van der Waals surface area contributed by atoms with Crippen molar-refractivity contribution in [2.75, 3.05) is 0 Å². The molecule has 5 nitrogen and oxygen atoms in total. The summed E-state index contributed by atoms with van der Waals surface area (Å²) in [7, 11) is 0. The average Bonchev–Trinajstić information content (AvgIpc) is 3.06. The summed E-state index contributed by atoms with van der Waals surface area (Å²) in [6, 6.07) is 7.08. The molecule has 0 aliphatic rings. The molecule has 0 atom stereocenters. The summed E-state index contributed by atoms with van der Waals surface area (Å²) in [5.41, 5.74) is 1.06.